The van der Waals surface area contributed by atoms with Crippen LogP contribution >= 0.6 is 11.5 Å². The van der Waals surface area contributed by atoms with Crippen molar-refractivity contribution in [2.45, 2.75) is 26.3 Å². The number of aromatic nitrogens is 1. The summed E-state index contributed by atoms with van der Waals surface area (Å²) < 4.78 is 9.59. The Morgan fingerprint density at radius 3 is 2.82 bits per heavy atom. The zero-order valence-corrected chi connectivity index (χ0v) is 11.8. The molecule has 1 heterocycles. The van der Waals surface area contributed by atoms with Crippen molar-refractivity contribution in [2.75, 3.05) is 38.3 Å². The molecule has 0 aromatic carbocycles. The van der Waals surface area contributed by atoms with Crippen LogP contribution < -0.4 is 15.8 Å². The molecule has 5 nitrogen and oxygen atoms in total. The summed E-state index contributed by atoms with van der Waals surface area (Å²) in [5.74, 6) is 1.16. The van der Waals surface area contributed by atoms with E-state index in [-0.39, 0.29) is 0 Å². The lowest BCUT2D eigenvalue weighted by Gasteiger charge is -2.17. The summed E-state index contributed by atoms with van der Waals surface area (Å²) in [5, 5.41) is 4.32. The van der Waals surface area contributed by atoms with E-state index in [1.165, 1.54) is 11.5 Å². The van der Waals surface area contributed by atoms with E-state index in [2.05, 4.69) is 35.6 Å². The van der Waals surface area contributed by atoms with Gasteiger partial charge in [-0.3, -0.25) is 0 Å². The van der Waals surface area contributed by atoms with Crippen LogP contribution in [0.3, 0.4) is 0 Å². The first kappa shape index (κ1) is 14.1. The van der Waals surface area contributed by atoms with Gasteiger partial charge in [0.05, 0.1) is 6.61 Å². The lowest BCUT2D eigenvalue weighted by molar-refractivity contribution is 0.343. The molecule has 1 aromatic heterocycles. The summed E-state index contributed by atoms with van der Waals surface area (Å²) in [6.45, 7) is 5.74. The molecule has 0 saturated carbocycles. The molecular formula is C11H22N4OS. The monoisotopic (exact) mass is 258 g/mol. The molecule has 0 fully saturated rings. The summed E-state index contributed by atoms with van der Waals surface area (Å²) >= 11 is 1.35. The van der Waals surface area contributed by atoms with Crippen LogP contribution in [0.5, 0.6) is 5.75 Å². The van der Waals surface area contributed by atoms with E-state index in [9.17, 15) is 0 Å². The van der Waals surface area contributed by atoms with Crippen LogP contribution in [0, 0.1) is 0 Å². The molecule has 98 valence electrons. The first-order valence-electron chi connectivity index (χ1n) is 5.83. The minimum Gasteiger partial charge on any atom is -0.487 e. The molecule has 0 aliphatic heterocycles. The number of nitrogens with zero attached hydrogens (tertiary/aromatic N) is 2. The SMILES string of the molecule is CCOc1c(N)nsc1NC(C)CCN(C)C. The average Bonchev–Trinajstić information content (AvgIpc) is 2.59. The fourth-order valence-electron chi connectivity index (χ4n) is 1.42. The summed E-state index contributed by atoms with van der Waals surface area (Å²) in [6.07, 6.45) is 1.07. The van der Waals surface area contributed by atoms with Crippen LogP contribution in [0.25, 0.3) is 0 Å². The normalized spacial score (nSPS) is 12.8. The van der Waals surface area contributed by atoms with Gasteiger partial charge >= 0.3 is 0 Å². The number of nitrogens with two attached hydrogens (primary N) is 1. The van der Waals surface area contributed by atoms with Crippen LogP contribution in [-0.2, 0) is 0 Å². The van der Waals surface area contributed by atoms with Gasteiger partial charge in [-0.1, -0.05) is 0 Å². The van der Waals surface area contributed by atoms with Gasteiger partial charge in [-0.15, -0.1) is 0 Å². The highest BCUT2D eigenvalue weighted by molar-refractivity contribution is 7.11. The molecule has 0 aliphatic carbocycles. The number of nitrogens with one attached hydrogen (secondary N) is 1. The van der Waals surface area contributed by atoms with Gasteiger partial charge in [0, 0.05) is 6.04 Å². The van der Waals surface area contributed by atoms with Gasteiger partial charge in [-0.25, -0.2) is 0 Å². The summed E-state index contributed by atoms with van der Waals surface area (Å²) in [4.78, 5) is 2.17. The lowest BCUT2D eigenvalue weighted by Crippen LogP contribution is -2.22. The van der Waals surface area contributed by atoms with E-state index < -0.39 is 0 Å². The Morgan fingerprint density at radius 2 is 2.24 bits per heavy atom. The number of nitrogen functional groups attached to an aromatic ring is 1. The van der Waals surface area contributed by atoms with Crippen molar-refractivity contribution in [2.24, 2.45) is 0 Å². The number of hydrogen-bond acceptors (Lipinski definition) is 6. The van der Waals surface area contributed by atoms with E-state index >= 15 is 0 Å². The minimum atomic E-state index is 0.372. The fourth-order valence-corrected chi connectivity index (χ4v) is 2.19. The van der Waals surface area contributed by atoms with Crippen LogP contribution in [-0.4, -0.2) is 42.6 Å². The quantitative estimate of drug-likeness (QED) is 0.782. The van der Waals surface area contributed by atoms with Crippen LogP contribution in [0.15, 0.2) is 0 Å². The molecule has 6 heteroatoms. The Kier molecular flexibility index (Phi) is 5.50. The Hall–Kier alpha value is -1.01. The smallest absolute Gasteiger partial charge is 0.197 e. The van der Waals surface area contributed by atoms with Gasteiger partial charge in [0.1, 0.15) is 0 Å². The molecule has 1 unspecified atom stereocenters. The van der Waals surface area contributed by atoms with Crippen molar-refractivity contribution in [1.82, 2.24) is 9.27 Å². The molecule has 1 rings (SSSR count). The first-order valence-corrected chi connectivity index (χ1v) is 6.61. The second-order valence-corrected chi connectivity index (χ2v) is 5.07. The number of hydrogen-bond donors (Lipinski definition) is 2. The first-order chi connectivity index (χ1) is 8.04. The fraction of sp³-hybridized carbons (Fsp3) is 0.727. The van der Waals surface area contributed by atoms with Crippen LogP contribution in [0.1, 0.15) is 20.3 Å². The highest BCUT2D eigenvalue weighted by Gasteiger charge is 2.14. The standard InChI is InChI=1S/C11H22N4OS/c1-5-16-9-10(12)14-17-11(9)13-8(2)6-7-15(3)4/h8,13H,5-7H2,1-4H3,(H2,12,14). The van der Waals surface area contributed by atoms with Crippen molar-refractivity contribution in [3.8, 4) is 5.75 Å². The molecule has 0 radical (unpaired) electrons. The topological polar surface area (TPSA) is 63.4 Å². The van der Waals surface area contributed by atoms with E-state index in [1.807, 2.05) is 6.92 Å². The lowest BCUT2D eigenvalue weighted by atomic mass is 10.2. The predicted molar refractivity (Wildman–Crippen MR) is 74.0 cm³/mol. The number of ether oxygens (including phenoxy) is 1. The highest BCUT2D eigenvalue weighted by atomic mass is 32.1. The third-order valence-corrected chi connectivity index (χ3v) is 3.12. The van der Waals surface area contributed by atoms with Gasteiger partial charge in [0.15, 0.2) is 16.6 Å². The van der Waals surface area contributed by atoms with Gasteiger partial charge in [-0.05, 0) is 52.4 Å². The number of anilines is 2. The zero-order chi connectivity index (χ0) is 12.8. The molecule has 3 N–H and O–H groups in total. The van der Waals surface area contributed by atoms with Crippen molar-refractivity contribution in [3.05, 3.63) is 0 Å². The second-order valence-electron chi connectivity index (χ2n) is 4.30. The Bertz CT molecular complexity index is 340. The van der Waals surface area contributed by atoms with Crippen LogP contribution in [0.4, 0.5) is 10.8 Å². The van der Waals surface area contributed by atoms with Gasteiger partial charge in [-0.2, -0.15) is 4.37 Å². The van der Waals surface area contributed by atoms with Gasteiger partial charge in [0.25, 0.3) is 0 Å². The van der Waals surface area contributed by atoms with Crippen molar-refractivity contribution < 1.29 is 4.74 Å². The molecule has 0 saturated heterocycles. The van der Waals surface area contributed by atoms with E-state index in [0.29, 0.717) is 24.2 Å². The molecule has 0 amide bonds. The molecule has 1 atom stereocenters. The second kappa shape index (κ2) is 6.66. The van der Waals surface area contributed by atoms with E-state index in [0.717, 1.165) is 18.0 Å². The van der Waals surface area contributed by atoms with E-state index in [1.54, 1.807) is 0 Å². The largest absolute Gasteiger partial charge is 0.487 e. The van der Waals surface area contributed by atoms with Crippen molar-refractivity contribution in [1.29, 1.82) is 0 Å². The number of rotatable bonds is 7. The third-order valence-electron chi connectivity index (χ3n) is 2.35. The molecule has 17 heavy (non-hydrogen) atoms. The minimum absolute atomic E-state index is 0.372. The maximum Gasteiger partial charge on any atom is 0.197 e. The Labute approximate surface area is 107 Å². The summed E-state index contributed by atoms with van der Waals surface area (Å²) in [6, 6.07) is 0.372. The Morgan fingerprint density at radius 1 is 1.53 bits per heavy atom. The van der Waals surface area contributed by atoms with Gasteiger partial charge < -0.3 is 20.7 Å². The molecule has 0 aliphatic rings. The Balaban J connectivity index is 2.55. The van der Waals surface area contributed by atoms with Crippen molar-refractivity contribution >= 4 is 22.4 Å². The maximum atomic E-state index is 5.75. The molecule has 0 spiro atoms. The summed E-state index contributed by atoms with van der Waals surface area (Å²) in [7, 11) is 4.14. The molecule has 1 aromatic rings. The zero-order valence-electron chi connectivity index (χ0n) is 11.0. The third kappa shape index (κ3) is 4.40. The van der Waals surface area contributed by atoms with E-state index in [4.69, 9.17) is 10.5 Å². The summed E-state index contributed by atoms with van der Waals surface area (Å²) in [5.41, 5.74) is 5.75. The van der Waals surface area contributed by atoms with Gasteiger partial charge in [0.2, 0.25) is 0 Å². The average molecular weight is 258 g/mol. The van der Waals surface area contributed by atoms with Crippen LogP contribution in [0.2, 0.25) is 0 Å². The highest BCUT2D eigenvalue weighted by Crippen LogP contribution is 2.35. The van der Waals surface area contributed by atoms with Crippen molar-refractivity contribution in [3.63, 3.8) is 0 Å². The molecular weight excluding hydrogens is 236 g/mol. The predicted octanol–water partition coefficient (Wildman–Crippen LogP) is 1.88. The maximum absolute atomic E-state index is 5.75. The molecule has 0 bridgehead atoms.